The van der Waals surface area contributed by atoms with Crippen LogP contribution in [0.2, 0.25) is 0 Å². The minimum atomic E-state index is 0.192. The molecule has 3 saturated heterocycles. The number of fused-ring (bicyclic) bond motifs is 2. The van der Waals surface area contributed by atoms with E-state index in [2.05, 4.69) is 12.2 Å². The Kier molecular flexibility index (Phi) is 2.64. The van der Waals surface area contributed by atoms with Crippen LogP contribution in [0.4, 0.5) is 0 Å². The second-order valence-electron chi connectivity index (χ2n) is 5.44. The van der Waals surface area contributed by atoms with Gasteiger partial charge >= 0.3 is 0 Å². The molecule has 0 saturated carbocycles. The molecule has 3 heterocycles. The fourth-order valence-corrected chi connectivity index (χ4v) is 3.17. The number of likely N-dealkylation sites (tertiary alicyclic amines) is 1. The molecular weight excluding hydrogens is 204 g/mol. The summed E-state index contributed by atoms with van der Waals surface area (Å²) in [6, 6.07) is 0. The van der Waals surface area contributed by atoms with Crippen LogP contribution in [0.5, 0.6) is 0 Å². The van der Waals surface area contributed by atoms with Gasteiger partial charge in [-0.1, -0.05) is 6.92 Å². The number of nitrogens with one attached hydrogen (secondary N) is 1. The summed E-state index contributed by atoms with van der Waals surface area (Å²) >= 11 is 0. The zero-order valence-corrected chi connectivity index (χ0v) is 9.82. The van der Waals surface area contributed by atoms with E-state index < -0.39 is 0 Å². The molecule has 3 aliphatic heterocycles. The molecule has 1 N–H and O–H groups in total. The van der Waals surface area contributed by atoms with Gasteiger partial charge < -0.3 is 15.0 Å². The van der Waals surface area contributed by atoms with Crippen LogP contribution in [-0.4, -0.2) is 49.2 Å². The fraction of sp³-hybridized carbons (Fsp3) is 0.917. The zero-order valence-electron chi connectivity index (χ0n) is 9.82. The van der Waals surface area contributed by atoms with Gasteiger partial charge in [0.2, 0.25) is 5.91 Å². The van der Waals surface area contributed by atoms with Crippen LogP contribution in [0.1, 0.15) is 19.8 Å². The van der Waals surface area contributed by atoms with Gasteiger partial charge in [-0.15, -0.1) is 0 Å². The van der Waals surface area contributed by atoms with E-state index in [1.165, 1.54) is 0 Å². The van der Waals surface area contributed by atoms with Crippen molar-refractivity contribution in [1.29, 1.82) is 0 Å². The molecule has 0 spiro atoms. The van der Waals surface area contributed by atoms with Gasteiger partial charge in [0.25, 0.3) is 0 Å². The monoisotopic (exact) mass is 224 g/mol. The van der Waals surface area contributed by atoms with Crippen molar-refractivity contribution in [3.05, 3.63) is 0 Å². The molecule has 2 unspecified atom stereocenters. The Bertz CT molecular complexity index is 283. The molecule has 4 heteroatoms. The normalized spacial score (nSPS) is 42.7. The third kappa shape index (κ3) is 1.74. The molecule has 0 aromatic heterocycles. The second-order valence-corrected chi connectivity index (χ2v) is 5.44. The van der Waals surface area contributed by atoms with E-state index in [-0.39, 0.29) is 5.92 Å². The van der Waals surface area contributed by atoms with Crippen molar-refractivity contribution in [3.63, 3.8) is 0 Å². The summed E-state index contributed by atoms with van der Waals surface area (Å²) < 4.78 is 5.76. The van der Waals surface area contributed by atoms with Crippen molar-refractivity contribution >= 4 is 5.91 Å². The summed E-state index contributed by atoms with van der Waals surface area (Å²) in [5.74, 6) is 1.02. The van der Waals surface area contributed by atoms with Crippen molar-refractivity contribution in [1.82, 2.24) is 10.2 Å². The molecule has 3 rings (SSSR count). The average Bonchev–Trinajstić information content (AvgIpc) is 2.84. The van der Waals surface area contributed by atoms with Crippen LogP contribution < -0.4 is 5.32 Å². The van der Waals surface area contributed by atoms with Gasteiger partial charge in [0.15, 0.2) is 0 Å². The highest BCUT2D eigenvalue weighted by Crippen LogP contribution is 2.28. The molecule has 2 bridgehead atoms. The maximum Gasteiger partial charge on any atom is 0.227 e. The first-order chi connectivity index (χ1) is 7.74. The number of morpholine rings is 1. The summed E-state index contributed by atoms with van der Waals surface area (Å²) in [5.41, 5.74) is 0. The van der Waals surface area contributed by atoms with Gasteiger partial charge in [0, 0.05) is 19.6 Å². The maximum absolute atomic E-state index is 12.4. The molecule has 16 heavy (non-hydrogen) atoms. The van der Waals surface area contributed by atoms with Crippen molar-refractivity contribution in [2.75, 3.05) is 26.2 Å². The fourth-order valence-electron chi connectivity index (χ4n) is 3.17. The van der Waals surface area contributed by atoms with E-state index in [1.807, 2.05) is 4.90 Å². The van der Waals surface area contributed by atoms with Gasteiger partial charge in [0.05, 0.1) is 18.1 Å². The Morgan fingerprint density at radius 3 is 2.50 bits per heavy atom. The lowest BCUT2D eigenvalue weighted by Gasteiger charge is -2.34. The highest BCUT2D eigenvalue weighted by molar-refractivity contribution is 5.80. The first kappa shape index (κ1) is 10.5. The van der Waals surface area contributed by atoms with Gasteiger partial charge in [-0.25, -0.2) is 0 Å². The number of carbonyl (C=O) groups is 1. The summed E-state index contributed by atoms with van der Waals surface area (Å²) in [6.07, 6.45) is 2.89. The first-order valence-electron chi connectivity index (χ1n) is 6.39. The minimum absolute atomic E-state index is 0.192. The maximum atomic E-state index is 12.4. The van der Waals surface area contributed by atoms with E-state index in [0.717, 1.165) is 39.0 Å². The van der Waals surface area contributed by atoms with Crippen molar-refractivity contribution in [3.8, 4) is 0 Å². The third-order valence-electron chi connectivity index (χ3n) is 4.19. The molecule has 3 aliphatic rings. The van der Waals surface area contributed by atoms with Crippen LogP contribution in [0.3, 0.4) is 0 Å². The Morgan fingerprint density at radius 2 is 1.94 bits per heavy atom. The van der Waals surface area contributed by atoms with Crippen LogP contribution in [0.15, 0.2) is 0 Å². The summed E-state index contributed by atoms with van der Waals surface area (Å²) in [5, 5.41) is 3.30. The SMILES string of the molecule is C[C@@H]1CNC[C@H]1C(=O)N1CC2CCC(C1)O2. The Hall–Kier alpha value is -0.610. The molecule has 4 nitrogen and oxygen atoms in total. The summed E-state index contributed by atoms with van der Waals surface area (Å²) in [4.78, 5) is 14.4. The number of amides is 1. The highest BCUT2D eigenvalue weighted by atomic mass is 16.5. The Balaban J connectivity index is 1.66. The smallest absolute Gasteiger partial charge is 0.227 e. The number of nitrogens with zero attached hydrogens (tertiary/aromatic N) is 1. The molecule has 90 valence electrons. The van der Waals surface area contributed by atoms with Crippen LogP contribution >= 0.6 is 0 Å². The van der Waals surface area contributed by atoms with Crippen LogP contribution in [0, 0.1) is 11.8 Å². The number of hydrogen-bond acceptors (Lipinski definition) is 3. The quantitative estimate of drug-likeness (QED) is 0.693. The molecule has 4 atom stereocenters. The van der Waals surface area contributed by atoms with E-state index in [0.29, 0.717) is 24.0 Å². The molecule has 0 aromatic rings. The van der Waals surface area contributed by atoms with E-state index >= 15 is 0 Å². The lowest BCUT2D eigenvalue weighted by molar-refractivity contribution is -0.144. The van der Waals surface area contributed by atoms with Gasteiger partial charge in [-0.3, -0.25) is 4.79 Å². The molecular formula is C12H20N2O2. The zero-order chi connectivity index (χ0) is 11.1. The molecule has 0 aliphatic carbocycles. The predicted octanol–water partition coefficient (Wildman–Crippen LogP) is 0.232. The van der Waals surface area contributed by atoms with Crippen LogP contribution in [-0.2, 0) is 9.53 Å². The number of ether oxygens (including phenoxy) is 1. The Labute approximate surface area is 96.3 Å². The van der Waals surface area contributed by atoms with Crippen molar-refractivity contribution in [2.24, 2.45) is 11.8 Å². The average molecular weight is 224 g/mol. The van der Waals surface area contributed by atoms with Crippen molar-refractivity contribution < 1.29 is 9.53 Å². The lowest BCUT2D eigenvalue weighted by atomic mass is 9.96. The molecule has 3 fully saturated rings. The predicted molar refractivity (Wildman–Crippen MR) is 60.0 cm³/mol. The second kappa shape index (κ2) is 4.00. The van der Waals surface area contributed by atoms with E-state index in [9.17, 15) is 4.79 Å². The Morgan fingerprint density at radius 1 is 1.25 bits per heavy atom. The van der Waals surface area contributed by atoms with E-state index in [4.69, 9.17) is 4.74 Å². The topological polar surface area (TPSA) is 41.6 Å². The standard InChI is InChI=1S/C12H20N2O2/c1-8-4-13-5-11(8)12(15)14-6-9-2-3-10(7-14)16-9/h8-11,13H,2-7H2,1H3/t8-,9?,10?,11-/m1/s1. The lowest BCUT2D eigenvalue weighted by Crippen LogP contribution is -2.49. The number of hydrogen-bond donors (Lipinski definition) is 1. The number of carbonyl (C=O) groups excluding carboxylic acids is 1. The molecule has 1 amide bonds. The minimum Gasteiger partial charge on any atom is -0.371 e. The van der Waals surface area contributed by atoms with Crippen LogP contribution in [0.25, 0.3) is 0 Å². The van der Waals surface area contributed by atoms with E-state index in [1.54, 1.807) is 0 Å². The molecule has 0 aromatic carbocycles. The third-order valence-corrected chi connectivity index (χ3v) is 4.19. The largest absolute Gasteiger partial charge is 0.371 e. The summed E-state index contributed by atoms with van der Waals surface area (Å²) in [7, 11) is 0. The van der Waals surface area contributed by atoms with Gasteiger partial charge in [-0.2, -0.15) is 0 Å². The molecule has 0 radical (unpaired) electrons. The summed E-state index contributed by atoms with van der Waals surface area (Å²) in [6.45, 7) is 5.63. The number of rotatable bonds is 1. The highest BCUT2D eigenvalue weighted by Gasteiger charge is 2.39. The van der Waals surface area contributed by atoms with Gasteiger partial charge in [0.1, 0.15) is 0 Å². The van der Waals surface area contributed by atoms with Crippen molar-refractivity contribution in [2.45, 2.75) is 32.0 Å². The first-order valence-corrected chi connectivity index (χ1v) is 6.39. The van der Waals surface area contributed by atoms with Gasteiger partial charge in [-0.05, 0) is 25.3 Å².